The van der Waals surface area contributed by atoms with Crippen LogP contribution in [0.2, 0.25) is 0 Å². The van der Waals surface area contributed by atoms with Gasteiger partial charge in [-0.2, -0.15) is 0 Å². The molecule has 6 amide bonds. The third kappa shape index (κ3) is 10.9. The molecule has 6 atom stereocenters. The summed E-state index contributed by atoms with van der Waals surface area (Å²) in [5.41, 5.74) is 6.11. The molecule has 0 unspecified atom stereocenters. The van der Waals surface area contributed by atoms with Crippen molar-refractivity contribution in [2.75, 3.05) is 26.2 Å². The summed E-state index contributed by atoms with van der Waals surface area (Å²) in [6.45, 7) is 8.17. The third-order valence-corrected chi connectivity index (χ3v) is 8.03. The summed E-state index contributed by atoms with van der Waals surface area (Å²) in [6.07, 6.45) is 2.70. The SMILES string of the molecule is CC(C)C[C@H](NC(=O)[C@H](CO)NC(=O)CNC(=O)[C@@H]1CCCN1C(=O)[C@@H]1CCCN1C(=O)[C@@H](N)CC(C)C)C(=O)N[C@@H](C)C(=O)O. The number of carboxylic acid groups (broad SMARTS) is 1. The standard InChI is InChI=1S/C30H51N7O9/c1-16(2)12-19(31)28(43)37-11-7-9-23(37)29(44)36-10-6-8-22(36)27(42)32-14-24(39)34-21(15-38)26(41)35-20(13-17(3)4)25(40)33-18(5)30(45)46/h16-23,38H,6-15,31H2,1-5H3,(H,32,42)(H,33,40)(H,34,39)(H,35,41)(H,45,46)/t18-,19-,20-,21-,22-,23-/m0/s1. The van der Waals surface area contributed by atoms with Crippen molar-refractivity contribution in [3.8, 4) is 0 Å². The number of rotatable bonds is 16. The van der Waals surface area contributed by atoms with Gasteiger partial charge in [-0.1, -0.05) is 27.7 Å². The van der Waals surface area contributed by atoms with Crippen LogP contribution >= 0.6 is 0 Å². The van der Waals surface area contributed by atoms with E-state index in [2.05, 4.69) is 21.3 Å². The van der Waals surface area contributed by atoms with Crippen LogP contribution < -0.4 is 27.0 Å². The first-order chi connectivity index (χ1) is 21.6. The Labute approximate surface area is 269 Å². The van der Waals surface area contributed by atoms with Crippen molar-refractivity contribution in [2.24, 2.45) is 17.6 Å². The van der Waals surface area contributed by atoms with Gasteiger partial charge in [-0.25, -0.2) is 0 Å². The predicted molar refractivity (Wildman–Crippen MR) is 166 cm³/mol. The molecule has 46 heavy (non-hydrogen) atoms. The summed E-state index contributed by atoms with van der Waals surface area (Å²) in [4.78, 5) is 91.7. The molecule has 2 fully saturated rings. The Morgan fingerprint density at radius 3 is 1.91 bits per heavy atom. The number of carboxylic acids is 1. The van der Waals surface area contributed by atoms with Crippen molar-refractivity contribution in [1.29, 1.82) is 0 Å². The van der Waals surface area contributed by atoms with Crippen LogP contribution in [-0.2, 0) is 33.6 Å². The Balaban J connectivity index is 1.96. The first-order valence-corrected chi connectivity index (χ1v) is 15.9. The third-order valence-electron chi connectivity index (χ3n) is 8.03. The molecule has 0 aliphatic carbocycles. The lowest BCUT2D eigenvalue weighted by Gasteiger charge is -2.32. The average molecular weight is 654 g/mol. The van der Waals surface area contributed by atoms with Gasteiger partial charge in [-0.15, -0.1) is 0 Å². The summed E-state index contributed by atoms with van der Waals surface area (Å²) in [5.74, 6) is -4.69. The highest BCUT2D eigenvalue weighted by Gasteiger charge is 2.43. The van der Waals surface area contributed by atoms with Gasteiger partial charge in [0.25, 0.3) is 0 Å². The van der Waals surface area contributed by atoms with E-state index in [-0.39, 0.29) is 30.1 Å². The van der Waals surface area contributed by atoms with Gasteiger partial charge < -0.3 is 47.0 Å². The highest BCUT2D eigenvalue weighted by atomic mass is 16.4. The molecule has 8 N–H and O–H groups in total. The van der Waals surface area contributed by atoms with E-state index in [1.807, 2.05) is 13.8 Å². The topological polar surface area (TPSA) is 241 Å². The van der Waals surface area contributed by atoms with Gasteiger partial charge >= 0.3 is 5.97 Å². The van der Waals surface area contributed by atoms with Crippen LogP contribution in [0.3, 0.4) is 0 Å². The minimum absolute atomic E-state index is 0.0599. The van der Waals surface area contributed by atoms with Gasteiger partial charge in [0.1, 0.15) is 30.2 Å². The Hall–Kier alpha value is -3.79. The lowest BCUT2D eigenvalue weighted by molar-refractivity contribution is -0.147. The number of hydrogen-bond donors (Lipinski definition) is 7. The summed E-state index contributed by atoms with van der Waals surface area (Å²) in [7, 11) is 0. The number of amides is 6. The molecule has 2 aliphatic rings. The fourth-order valence-corrected chi connectivity index (χ4v) is 5.68. The number of nitrogens with one attached hydrogen (secondary N) is 4. The summed E-state index contributed by atoms with van der Waals surface area (Å²) < 4.78 is 0. The van der Waals surface area contributed by atoms with E-state index in [0.29, 0.717) is 45.2 Å². The lowest BCUT2D eigenvalue weighted by Crippen LogP contribution is -2.58. The van der Waals surface area contributed by atoms with Gasteiger partial charge in [0.15, 0.2) is 0 Å². The molecule has 0 aromatic carbocycles. The maximum atomic E-state index is 13.5. The predicted octanol–water partition coefficient (Wildman–Crippen LogP) is -1.94. The molecule has 0 bridgehead atoms. The lowest BCUT2D eigenvalue weighted by atomic mass is 10.0. The fraction of sp³-hybridized carbons (Fsp3) is 0.767. The van der Waals surface area contributed by atoms with E-state index < -0.39 is 79.0 Å². The van der Waals surface area contributed by atoms with Crippen molar-refractivity contribution in [3.05, 3.63) is 0 Å². The van der Waals surface area contributed by atoms with E-state index in [1.54, 1.807) is 13.8 Å². The van der Waals surface area contributed by atoms with Crippen LogP contribution in [0.4, 0.5) is 0 Å². The zero-order valence-corrected chi connectivity index (χ0v) is 27.4. The number of likely N-dealkylation sites (tertiary alicyclic amines) is 2. The largest absolute Gasteiger partial charge is 0.480 e. The van der Waals surface area contributed by atoms with Crippen LogP contribution in [0.25, 0.3) is 0 Å². The average Bonchev–Trinajstić information content (AvgIpc) is 3.67. The number of hydrogen-bond acceptors (Lipinski definition) is 9. The van der Waals surface area contributed by atoms with Gasteiger partial charge in [-0.3, -0.25) is 33.6 Å². The van der Waals surface area contributed by atoms with Crippen molar-refractivity contribution in [1.82, 2.24) is 31.1 Å². The molecule has 260 valence electrons. The first kappa shape index (κ1) is 38.4. The van der Waals surface area contributed by atoms with E-state index in [0.717, 1.165) is 0 Å². The maximum absolute atomic E-state index is 13.5. The highest BCUT2D eigenvalue weighted by molar-refractivity contribution is 5.96. The molecule has 2 aliphatic heterocycles. The molecule has 2 saturated heterocycles. The quantitative estimate of drug-likeness (QED) is 0.0972. The molecule has 0 radical (unpaired) electrons. The second kappa shape index (κ2) is 17.8. The number of aliphatic carboxylic acids is 1. The molecule has 0 aromatic rings. The van der Waals surface area contributed by atoms with Crippen LogP contribution in [0.15, 0.2) is 0 Å². The normalized spacial score (nSPS) is 20.5. The smallest absolute Gasteiger partial charge is 0.325 e. The van der Waals surface area contributed by atoms with Gasteiger partial charge in [0.05, 0.1) is 19.2 Å². The number of nitrogens with zero attached hydrogens (tertiary/aromatic N) is 2. The fourth-order valence-electron chi connectivity index (χ4n) is 5.68. The molecule has 0 spiro atoms. The summed E-state index contributed by atoms with van der Waals surface area (Å²) in [6, 6.07) is -6.05. The molecule has 0 saturated carbocycles. The van der Waals surface area contributed by atoms with Crippen LogP contribution in [0, 0.1) is 11.8 Å². The Morgan fingerprint density at radius 2 is 1.35 bits per heavy atom. The van der Waals surface area contributed by atoms with E-state index >= 15 is 0 Å². The maximum Gasteiger partial charge on any atom is 0.325 e. The Kier molecular flexibility index (Phi) is 14.8. The van der Waals surface area contributed by atoms with E-state index in [9.17, 15) is 38.7 Å². The highest BCUT2D eigenvalue weighted by Crippen LogP contribution is 2.26. The molecule has 16 heteroatoms. The summed E-state index contributed by atoms with van der Waals surface area (Å²) in [5, 5.41) is 28.4. The van der Waals surface area contributed by atoms with Gasteiger partial charge in [0.2, 0.25) is 35.4 Å². The van der Waals surface area contributed by atoms with Gasteiger partial charge in [-0.05, 0) is 57.3 Å². The molecule has 2 rings (SSSR count). The number of carbonyl (C=O) groups is 7. The minimum atomic E-state index is -1.46. The van der Waals surface area contributed by atoms with Gasteiger partial charge in [0, 0.05) is 13.1 Å². The van der Waals surface area contributed by atoms with Crippen LogP contribution in [0.5, 0.6) is 0 Å². The molecule has 2 heterocycles. The first-order valence-electron chi connectivity index (χ1n) is 15.9. The number of carbonyl (C=O) groups excluding carboxylic acids is 6. The molecule has 0 aromatic heterocycles. The van der Waals surface area contributed by atoms with E-state index in [4.69, 9.17) is 10.8 Å². The van der Waals surface area contributed by atoms with Crippen molar-refractivity contribution >= 4 is 41.4 Å². The Morgan fingerprint density at radius 1 is 0.783 bits per heavy atom. The monoisotopic (exact) mass is 653 g/mol. The molecule has 16 nitrogen and oxygen atoms in total. The van der Waals surface area contributed by atoms with E-state index in [1.165, 1.54) is 16.7 Å². The summed E-state index contributed by atoms with van der Waals surface area (Å²) >= 11 is 0. The van der Waals surface area contributed by atoms with Crippen molar-refractivity contribution in [2.45, 2.75) is 109 Å². The van der Waals surface area contributed by atoms with Crippen molar-refractivity contribution < 1.29 is 43.8 Å². The zero-order chi connectivity index (χ0) is 34.7. The molecular weight excluding hydrogens is 602 g/mol. The van der Waals surface area contributed by atoms with Crippen LogP contribution in [-0.4, -0.2) is 124 Å². The number of aliphatic hydroxyl groups excluding tert-OH is 1. The second-order valence-electron chi connectivity index (χ2n) is 12.9. The van der Waals surface area contributed by atoms with Crippen LogP contribution in [0.1, 0.15) is 73.1 Å². The second-order valence-corrected chi connectivity index (χ2v) is 12.9. The number of aliphatic hydroxyl groups is 1. The minimum Gasteiger partial charge on any atom is -0.480 e. The molecular formula is C30H51N7O9. The zero-order valence-electron chi connectivity index (χ0n) is 27.4. The Bertz CT molecular complexity index is 1130. The number of nitrogens with two attached hydrogens (primary N) is 1. The van der Waals surface area contributed by atoms with Crippen molar-refractivity contribution in [3.63, 3.8) is 0 Å².